The van der Waals surface area contributed by atoms with Crippen LogP contribution in [0.3, 0.4) is 0 Å². The van der Waals surface area contributed by atoms with Crippen molar-refractivity contribution in [3.8, 4) is 0 Å². The summed E-state index contributed by atoms with van der Waals surface area (Å²) in [6.45, 7) is 4.46. The molecule has 1 rings (SSSR count). The lowest BCUT2D eigenvalue weighted by atomic mass is 10.1. The fourth-order valence-corrected chi connectivity index (χ4v) is 1.83. The maximum atomic E-state index is 2.33. The van der Waals surface area contributed by atoms with E-state index in [0.717, 1.165) is 12.8 Å². The van der Waals surface area contributed by atoms with Gasteiger partial charge in [-0.15, -0.1) is 0 Å². The minimum absolute atomic E-state index is 1.08. The van der Waals surface area contributed by atoms with Crippen molar-refractivity contribution in [3.05, 3.63) is 47.5 Å². The summed E-state index contributed by atoms with van der Waals surface area (Å²) in [5.74, 6) is 0. The van der Waals surface area contributed by atoms with Crippen LogP contribution in [0.4, 0.5) is 0 Å². The van der Waals surface area contributed by atoms with Crippen LogP contribution in [-0.4, -0.2) is 0 Å². The highest BCUT2D eigenvalue weighted by Gasteiger charge is 1.91. The van der Waals surface area contributed by atoms with E-state index in [4.69, 9.17) is 0 Å². The van der Waals surface area contributed by atoms with E-state index in [1.165, 1.54) is 36.8 Å². The van der Waals surface area contributed by atoms with Gasteiger partial charge in [-0.05, 0) is 36.8 Å². The SMILES string of the molecule is CCCCC/C=C/Cc1cccc(CC)c1. The Morgan fingerprint density at radius 3 is 2.56 bits per heavy atom. The van der Waals surface area contributed by atoms with Crippen LogP contribution >= 0.6 is 0 Å². The summed E-state index contributed by atoms with van der Waals surface area (Å²) in [7, 11) is 0. The van der Waals surface area contributed by atoms with E-state index in [1.54, 1.807) is 0 Å². The second kappa shape index (κ2) is 8.15. The summed E-state index contributed by atoms with van der Waals surface area (Å²) in [6.07, 6.45) is 12.1. The summed E-state index contributed by atoms with van der Waals surface area (Å²) in [4.78, 5) is 0. The Labute approximate surface area is 100 Å². The summed E-state index contributed by atoms with van der Waals surface area (Å²) >= 11 is 0. The standard InChI is InChI=1S/C16H24/c1-3-5-6-7-8-9-11-16-13-10-12-15(4-2)14-16/h8-10,12-14H,3-7,11H2,1-2H3/b9-8+. The zero-order chi connectivity index (χ0) is 11.6. The monoisotopic (exact) mass is 216 g/mol. The van der Waals surface area contributed by atoms with E-state index in [1.807, 2.05) is 0 Å². The van der Waals surface area contributed by atoms with Crippen LogP contribution in [0.15, 0.2) is 36.4 Å². The van der Waals surface area contributed by atoms with Crippen LogP contribution in [0.25, 0.3) is 0 Å². The van der Waals surface area contributed by atoms with E-state index in [9.17, 15) is 0 Å². The van der Waals surface area contributed by atoms with Gasteiger partial charge < -0.3 is 0 Å². The first-order valence-electron chi connectivity index (χ1n) is 6.59. The van der Waals surface area contributed by atoms with E-state index in [-0.39, 0.29) is 0 Å². The van der Waals surface area contributed by atoms with Gasteiger partial charge in [0.1, 0.15) is 0 Å². The normalized spacial score (nSPS) is 11.1. The topological polar surface area (TPSA) is 0 Å². The second-order valence-corrected chi connectivity index (χ2v) is 4.34. The number of unbranched alkanes of at least 4 members (excludes halogenated alkanes) is 3. The smallest absolute Gasteiger partial charge is 0.00974 e. The Morgan fingerprint density at radius 1 is 1.00 bits per heavy atom. The van der Waals surface area contributed by atoms with Gasteiger partial charge in [-0.2, -0.15) is 0 Å². The molecule has 0 aromatic heterocycles. The number of allylic oxidation sites excluding steroid dienone is 2. The van der Waals surface area contributed by atoms with Crippen LogP contribution in [0.2, 0.25) is 0 Å². The first kappa shape index (κ1) is 13.0. The molecular formula is C16H24. The summed E-state index contributed by atoms with van der Waals surface area (Å²) in [6, 6.07) is 8.90. The number of benzene rings is 1. The molecule has 0 spiro atoms. The number of rotatable bonds is 7. The highest BCUT2D eigenvalue weighted by atomic mass is 14.0. The van der Waals surface area contributed by atoms with Crippen LogP contribution < -0.4 is 0 Å². The van der Waals surface area contributed by atoms with Crippen LogP contribution in [0.5, 0.6) is 0 Å². The molecule has 0 nitrogen and oxygen atoms in total. The molecule has 0 fully saturated rings. The minimum Gasteiger partial charge on any atom is -0.0882 e. The van der Waals surface area contributed by atoms with Crippen molar-refractivity contribution in [2.45, 2.75) is 52.4 Å². The van der Waals surface area contributed by atoms with E-state index in [2.05, 4.69) is 50.3 Å². The van der Waals surface area contributed by atoms with Crippen LogP contribution in [0, 0.1) is 0 Å². The summed E-state index contributed by atoms with van der Waals surface area (Å²) in [5.41, 5.74) is 2.88. The van der Waals surface area contributed by atoms with Crippen LogP contribution in [0.1, 0.15) is 50.7 Å². The molecule has 16 heavy (non-hydrogen) atoms. The third kappa shape index (κ3) is 5.16. The second-order valence-electron chi connectivity index (χ2n) is 4.34. The van der Waals surface area contributed by atoms with E-state index >= 15 is 0 Å². The Morgan fingerprint density at radius 2 is 1.81 bits per heavy atom. The molecule has 0 aliphatic carbocycles. The predicted octanol–water partition coefficient (Wildman–Crippen LogP) is 4.93. The molecule has 0 unspecified atom stereocenters. The lowest BCUT2D eigenvalue weighted by Crippen LogP contribution is -1.85. The zero-order valence-corrected chi connectivity index (χ0v) is 10.7. The van der Waals surface area contributed by atoms with Gasteiger partial charge in [0.2, 0.25) is 0 Å². The fraction of sp³-hybridized carbons (Fsp3) is 0.500. The van der Waals surface area contributed by atoms with Gasteiger partial charge in [0.25, 0.3) is 0 Å². The fourth-order valence-electron chi connectivity index (χ4n) is 1.83. The lowest BCUT2D eigenvalue weighted by Gasteiger charge is -2.00. The maximum absolute atomic E-state index is 2.33. The van der Waals surface area contributed by atoms with Crippen molar-refractivity contribution in [2.75, 3.05) is 0 Å². The average Bonchev–Trinajstić information content (AvgIpc) is 2.34. The molecule has 1 aromatic rings. The number of hydrogen-bond donors (Lipinski definition) is 0. The third-order valence-electron chi connectivity index (χ3n) is 2.89. The Hall–Kier alpha value is -1.04. The van der Waals surface area contributed by atoms with Crippen molar-refractivity contribution in [1.29, 1.82) is 0 Å². The van der Waals surface area contributed by atoms with Crippen molar-refractivity contribution >= 4 is 0 Å². The Balaban J connectivity index is 2.30. The predicted molar refractivity (Wildman–Crippen MR) is 72.8 cm³/mol. The molecule has 0 atom stereocenters. The molecule has 0 aliphatic heterocycles. The molecule has 88 valence electrons. The molecule has 0 heteroatoms. The largest absolute Gasteiger partial charge is 0.0882 e. The minimum atomic E-state index is 1.08. The quantitative estimate of drug-likeness (QED) is 0.448. The van der Waals surface area contributed by atoms with Gasteiger partial charge in [-0.1, -0.05) is 63.1 Å². The van der Waals surface area contributed by atoms with Crippen molar-refractivity contribution < 1.29 is 0 Å². The summed E-state index contributed by atoms with van der Waals surface area (Å²) < 4.78 is 0. The van der Waals surface area contributed by atoms with Gasteiger partial charge in [-0.25, -0.2) is 0 Å². The molecule has 0 heterocycles. The van der Waals surface area contributed by atoms with Gasteiger partial charge in [0.15, 0.2) is 0 Å². The number of aryl methyl sites for hydroxylation is 1. The molecule has 0 saturated heterocycles. The molecule has 0 aliphatic rings. The molecular weight excluding hydrogens is 192 g/mol. The highest BCUT2D eigenvalue weighted by molar-refractivity contribution is 5.25. The van der Waals surface area contributed by atoms with Crippen molar-refractivity contribution in [3.63, 3.8) is 0 Å². The summed E-state index contributed by atoms with van der Waals surface area (Å²) in [5, 5.41) is 0. The first-order chi connectivity index (χ1) is 7.86. The van der Waals surface area contributed by atoms with E-state index < -0.39 is 0 Å². The Bertz CT molecular complexity index is 310. The molecule has 0 saturated carbocycles. The molecule has 1 aromatic carbocycles. The molecule has 0 bridgehead atoms. The Kier molecular flexibility index (Phi) is 6.64. The maximum Gasteiger partial charge on any atom is -0.00974 e. The highest BCUT2D eigenvalue weighted by Crippen LogP contribution is 2.08. The van der Waals surface area contributed by atoms with Gasteiger partial charge >= 0.3 is 0 Å². The molecule has 0 radical (unpaired) electrons. The molecule has 0 amide bonds. The van der Waals surface area contributed by atoms with Crippen molar-refractivity contribution in [1.82, 2.24) is 0 Å². The van der Waals surface area contributed by atoms with Crippen LogP contribution in [-0.2, 0) is 12.8 Å². The molecule has 0 N–H and O–H groups in total. The lowest BCUT2D eigenvalue weighted by molar-refractivity contribution is 0.728. The van der Waals surface area contributed by atoms with Crippen molar-refractivity contribution in [2.24, 2.45) is 0 Å². The average molecular weight is 216 g/mol. The van der Waals surface area contributed by atoms with Gasteiger partial charge in [-0.3, -0.25) is 0 Å². The van der Waals surface area contributed by atoms with E-state index in [0.29, 0.717) is 0 Å². The van der Waals surface area contributed by atoms with Gasteiger partial charge in [0, 0.05) is 0 Å². The number of hydrogen-bond acceptors (Lipinski definition) is 0. The first-order valence-corrected chi connectivity index (χ1v) is 6.59. The zero-order valence-electron chi connectivity index (χ0n) is 10.7. The third-order valence-corrected chi connectivity index (χ3v) is 2.89. The van der Waals surface area contributed by atoms with Gasteiger partial charge in [0.05, 0.1) is 0 Å².